The second-order valence-corrected chi connectivity index (χ2v) is 10.3. The number of halogens is 1. The molecule has 0 bridgehead atoms. The summed E-state index contributed by atoms with van der Waals surface area (Å²) >= 11 is 6.08. The predicted octanol–water partition coefficient (Wildman–Crippen LogP) is 7.56. The molecule has 1 heterocycles. The van der Waals surface area contributed by atoms with Crippen molar-refractivity contribution in [2.45, 2.75) is 39.0 Å². The number of hydrogen-bond acceptors (Lipinski definition) is 6. The maximum atomic E-state index is 12.5. The Balaban J connectivity index is 1.40. The summed E-state index contributed by atoms with van der Waals surface area (Å²) in [6.07, 6.45) is 8.74. The number of allylic oxidation sites excluding steroid dienone is 1. The highest BCUT2D eigenvalue weighted by atomic mass is 35.5. The number of carbonyl (C=O) groups excluding carboxylic acids is 1. The molecule has 1 atom stereocenters. The standard InChI is InChI=1S/C33H34ClN3O3/c1-3-22(2)30-19-24(7-11-28(39)18-23-5-9-27(38)10-6-23)17-25(33(30)40)21-35-14-4-15-36-31-13-16-37-32-20-26(34)8-12-29(31)32/h5-13,16-17,19-22,38,40H,3-4,14-15,18H2,1-2H3,(H,36,37)/b11-7+,35-21?. The Hall–Kier alpha value is -4.16. The van der Waals surface area contributed by atoms with E-state index in [4.69, 9.17) is 11.6 Å². The fourth-order valence-electron chi connectivity index (χ4n) is 4.39. The van der Waals surface area contributed by atoms with Crippen molar-refractivity contribution in [3.05, 3.63) is 100 Å². The number of fused-ring (bicyclic) bond motifs is 1. The molecule has 1 unspecified atom stereocenters. The zero-order valence-corrected chi connectivity index (χ0v) is 23.5. The molecule has 0 aliphatic carbocycles. The molecular weight excluding hydrogens is 522 g/mol. The topological polar surface area (TPSA) is 94.8 Å². The van der Waals surface area contributed by atoms with Gasteiger partial charge in [-0.3, -0.25) is 14.8 Å². The largest absolute Gasteiger partial charge is 0.508 e. The van der Waals surface area contributed by atoms with Crippen LogP contribution in [0.1, 0.15) is 54.9 Å². The number of phenols is 2. The van der Waals surface area contributed by atoms with Gasteiger partial charge in [-0.2, -0.15) is 0 Å². The van der Waals surface area contributed by atoms with E-state index in [0.717, 1.165) is 52.7 Å². The van der Waals surface area contributed by atoms with E-state index in [2.05, 4.69) is 29.1 Å². The second kappa shape index (κ2) is 13.8. The van der Waals surface area contributed by atoms with E-state index < -0.39 is 0 Å². The van der Waals surface area contributed by atoms with E-state index in [0.29, 0.717) is 17.1 Å². The fourth-order valence-corrected chi connectivity index (χ4v) is 4.56. The van der Waals surface area contributed by atoms with Gasteiger partial charge < -0.3 is 15.5 Å². The zero-order chi connectivity index (χ0) is 28.5. The molecule has 0 amide bonds. The first-order valence-corrected chi connectivity index (χ1v) is 13.9. The maximum absolute atomic E-state index is 12.5. The second-order valence-electron chi connectivity index (χ2n) is 9.84. The number of pyridine rings is 1. The van der Waals surface area contributed by atoms with Gasteiger partial charge in [0, 0.05) is 53.6 Å². The van der Waals surface area contributed by atoms with Gasteiger partial charge in [0.2, 0.25) is 0 Å². The minimum absolute atomic E-state index is 0.0448. The first-order valence-electron chi connectivity index (χ1n) is 13.5. The van der Waals surface area contributed by atoms with Gasteiger partial charge in [0.1, 0.15) is 11.5 Å². The van der Waals surface area contributed by atoms with Crippen LogP contribution in [-0.2, 0) is 11.2 Å². The lowest BCUT2D eigenvalue weighted by Crippen LogP contribution is -2.04. The number of hydrogen-bond donors (Lipinski definition) is 3. The van der Waals surface area contributed by atoms with Crippen LogP contribution in [0.15, 0.2) is 77.9 Å². The summed E-state index contributed by atoms with van der Waals surface area (Å²) in [6, 6.07) is 18.0. The Morgan fingerprint density at radius 2 is 1.90 bits per heavy atom. The number of carbonyl (C=O) groups is 1. The summed E-state index contributed by atoms with van der Waals surface area (Å²) in [7, 11) is 0. The van der Waals surface area contributed by atoms with Crippen molar-refractivity contribution in [2.75, 3.05) is 18.4 Å². The molecule has 4 aromatic rings. The minimum atomic E-state index is -0.0448. The predicted molar refractivity (Wildman–Crippen MR) is 165 cm³/mol. The van der Waals surface area contributed by atoms with E-state index in [-0.39, 0.29) is 29.6 Å². The van der Waals surface area contributed by atoms with Crippen molar-refractivity contribution in [1.82, 2.24) is 4.98 Å². The first kappa shape index (κ1) is 28.8. The molecular formula is C33H34ClN3O3. The fraction of sp³-hybridized carbons (Fsp3) is 0.242. The molecule has 4 rings (SSSR count). The van der Waals surface area contributed by atoms with Crippen molar-refractivity contribution in [3.8, 4) is 11.5 Å². The average Bonchev–Trinajstić information content (AvgIpc) is 2.95. The van der Waals surface area contributed by atoms with Crippen LogP contribution in [0, 0.1) is 0 Å². The number of benzene rings is 3. The Labute approximate surface area is 240 Å². The normalized spacial score (nSPS) is 12.4. The number of ketones is 1. The SMILES string of the molecule is CCC(C)c1cc(/C=C/C(=O)Cc2ccc(O)cc2)cc(C=NCCCNc2ccnc3cc(Cl)ccc23)c1O. The molecule has 206 valence electrons. The van der Waals surface area contributed by atoms with E-state index in [1.165, 1.54) is 0 Å². The number of aromatic hydroxyl groups is 2. The van der Waals surface area contributed by atoms with Crippen LogP contribution in [0.3, 0.4) is 0 Å². The van der Waals surface area contributed by atoms with E-state index in [1.807, 2.05) is 36.4 Å². The molecule has 0 saturated heterocycles. The van der Waals surface area contributed by atoms with Gasteiger partial charge >= 0.3 is 0 Å². The molecule has 0 radical (unpaired) electrons. The van der Waals surface area contributed by atoms with Crippen LogP contribution >= 0.6 is 11.6 Å². The Bertz CT molecular complexity index is 1530. The van der Waals surface area contributed by atoms with Crippen LogP contribution in [0.25, 0.3) is 17.0 Å². The summed E-state index contributed by atoms with van der Waals surface area (Å²) < 4.78 is 0. The minimum Gasteiger partial charge on any atom is -0.508 e. The smallest absolute Gasteiger partial charge is 0.160 e. The van der Waals surface area contributed by atoms with Crippen molar-refractivity contribution in [3.63, 3.8) is 0 Å². The number of nitrogens with zero attached hydrogens (tertiary/aromatic N) is 2. The van der Waals surface area contributed by atoms with Crippen molar-refractivity contribution in [2.24, 2.45) is 4.99 Å². The lowest BCUT2D eigenvalue weighted by molar-refractivity contribution is -0.113. The number of anilines is 1. The lowest BCUT2D eigenvalue weighted by atomic mass is 9.93. The van der Waals surface area contributed by atoms with Gasteiger partial charge in [-0.1, -0.05) is 43.7 Å². The molecule has 7 heteroatoms. The number of aromatic nitrogens is 1. The summed E-state index contributed by atoms with van der Waals surface area (Å²) in [5, 5.41) is 25.5. The van der Waals surface area contributed by atoms with Crippen LogP contribution in [0.2, 0.25) is 5.02 Å². The van der Waals surface area contributed by atoms with Crippen LogP contribution in [-0.4, -0.2) is 40.3 Å². The first-order chi connectivity index (χ1) is 19.3. The molecule has 3 aromatic carbocycles. The highest BCUT2D eigenvalue weighted by Gasteiger charge is 2.13. The third-order valence-electron chi connectivity index (χ3n) is 6.83. The summed E-state index contributed by atoms with van der Waals surface area (Å²) in [5.41, 5.74) is 4.99. The van der Waals surface area contributed by atoms with E-state index >= 15 is 0 Å². The van der Waals surface area contributed by atoms with Crippen molar-refractivity contribution < 1.29 is 15.0 Å². The quantitative estimate of drug-likeness (QED) is 0.0952. The maximum Gasteiger partial charge on any atom is 0.160 e. The lowest BCUT2D eigenvalue weighted by Gasteiger charge is -2.14. The summed E-state index contributed by atoms with van der Waals surface area (Å²) in [6.45, 7) is 5.47. The summed E-state index contributed by atoms with van der Waals surface area (Å²) in [4.78, 5) is 21.5. The number of nitrogens with one attached hydrogen (secondary N) is 1. The number of phenolic OH excluding ortho intramolecular Hbond substituents is 2. The molecule has 0 saturated carbocycles. The van der Waals surface area contributed by atoms with Crippen LogP contribution < -0.4 is 5.32 Å². The number of aliphatic imine (C=N–C) groups is 1. The van der Waals surface area contributed by atoms with Gasteiger partial charge in [-0.15, -0.1) is 0 Å². The van der Waals surface area contributed by atoms with Gasteiger partial charge in [-0.25, -0.2) is 0 Å². The zero-order valence-electron chi connectivity index (χ0n) is 22.8. The van der Waals surface area contributed by atoms with Gasteiger partial charge in [0.25, 0.3) is 0 Å². The van der Waals surface area contributed by atoms with Crippen LogP contribution in [0.4, 0.5) is 5.69 Å². The third kappa shape index (κ3) is 7.70. The van der Waals surface area contributed by atoms with Gasteiger partial charge in [0.15, 0.2) is 5.78 Å². The monoisotopic (exact) mass is 555 g/mol. The third-order valence-corrected chi connectivity index (χ3v) is 7.06. The van der Waals surface area contributed by atoms with Crippen molar-refractivity contribution >= 4 is 46.3 Å². The van der Waals surface area contributed by atoms with E-state index in [9.17, 15) is 15.0 Å². The highest BCUT2D eigenvalue weighted by Crippen LogP contribution is 2.32. The molecule has 0 spiro atoms. The molecule has 0 aliphatic rings. The average molecular weight is 556 g/mol. The Kier molecular flexibility index (Phi) is 9.92. The molecule has 1 aromatic heterocycles. The van der Waals surface area contributed by atoms with E-state index in [1.54, 1.807) is 48.8 Å². The summed E-state index contributed by atoms with van der Waals surface area (Å²) in [5.74, 6) is 0.511. The van der Waals surface area contributed by atoms with Crippen LogP contribution in [0.5, 0.6) is 11.5 Å². The molecule has 40 heavy (non-hydrogen) atoms. The molecule has 0 aliphatic heterocycles. The Morgan fingerprint density at radius 3 is 2.67 bits per heavy atom. The molecule has 6 nitrogen and oxygen atoms in total. The van der Waals surface area contributed by atoms with Gasteiger partial charge in [0.05, 0.1) is 5.52 Å². The number of rotatable bonds is 12. The highest BCUT2D eigenvalue weighted by molar-refractivity contribution is 6.31. The molecule has 3 N–H and O–H groups in total. The van der Waals surface area contributed by atoms with Gasteiger partial charge in [-0.05, 0) is 90.1 Å². The molecule has 0 fully saturated rings. The Morgan fingerprint density at radius 1 is 1.10 bits per heavy atom. The van der Waals surface area contributed by atoms with Crippen molar-refractivity contribution in [1.29, 1.82) is 0 Å².